The molecule has 2 N–H and O–H groups in total. The molecule has 0 unspecified atom stereocenters. The number of nitrogens with zero attached hydrogens (tertiary/aromatic N) is 3. The van der Waals surface area contributed by atoms with Crippen LogP contribution in [0.15, 0.2) is 16.6 Å². The molecule has 136 valence electrons. The van der Waals surface area contributed by atoms with Crippen molar-refractivity contribution in [3.63, 3.8) is 0 Å². The largest absolute Gasteiger partial charge is 0.496 e. The fourth-order valence-electron chi connectivity index (χ4n) is 2.47. The van der Waals surface area contributed by atoms with Crippen LogP contribution >= 0.6 is 11.3 Å². The van der Waals surface area contributed by atoms with E-state index in [1.807, 2.05) is 20.0 Å². The number of aryl methyl sites for hydroxylation is 1. The van der Waals surface area contributed by atoms with Crippen LogP contribution in [0.3, 0.4) is 0 Å². The lowest BCUT2D eigenvalue weighted by atomic mass is 10.1. The van der Waals surface area contributed by atoms with Crippen molar-refractivity contribution < 1.29 is 4.74 Å². The minimum absolute atomic E-state index is 0.452. The molecule has 2 rings (SSSR count). The van der Waals surface area contributed by atoms with E-state index in [-0.39, 0.29) is 0 Å². The van der Waals surface area contributed by atoms with E-state index in [1.165, 1.54) is 0 Å². The maximum absolute atomic E-state index is 5.46. The Balaban J connectivity index is 1.94. The predicted molar refractivity (Wildman–Crippen MR) is 104 cm³/mol. The van der Waals surface area contributed by atoms with E-state index in [4.69, 9.17) is 4.74 Å². The van der Waals surface area contributed by atoms with Gasteiger partial charge in [0.2, 0.25) is 0 Å². The number of hydrogen-bond acceptors (Lipinski definition) is 5. The van der Waals surface area contributed by atoms with Crippen molar-refractivity contribution in [2.75, 3.05) is 14.2 Å². The molecule has 0 amide bonds. The summed E-state index contributed by atoms with van der Waals surface area (Å²) in [4.78, 5) is 13.4. The van der Waals surface area contributed by atoms with Crippen molar-refractivity contribution in [2.24, 2.45) is 4.99 Å². The molecule has 0 aliphatic carbocycles. The summed E-state index contributed by atoms with van der Waals surface area (Å²) in [7, 11) is 3.44. The highest BCUT2D eigenvalue weighted by Crippen LogP contribution is 2.23. The number of methoxy groups -OCH3 is 1. The van der Waals surface area contributed by atoms with Crippen LogP contribution in [0.25, 0.3) is 0 Å². The molecule has 7 heteroatoms. The van der Waals surface area contributed by atoms with Crippen LogP contribution in [0, 0.1) is 13.8 Å². The van der Waals surface area contributed by atoms with E-state index in [0.717, 1.165) is 39.2 Å². The van der Waals surface area contributed by atoms with Crippen molar-refractivity contribution in [1.29, 1.82) is 0 Å². The number of aromatic nitrogens is 2. The second-order valence-electron chi connectivity index (χ2n) is 6.15. The topological polar surface area (TPSA) is 71.4 Å². The fraction of sp³-hybridized carbons (Fsp3) is 0.500. The Labute approximate surface area is 153 Å². The third-order valence-corrected chi connectivity index (χ3v) is 4.83. The lowest BCUT2D eigenvalue weighted by molar-refractivity contribution is 0.406. The Morgan fingerprint density at radius 2 is 2.00 bits per heavy atom. The average Bonchev–Trinajstić information content (AvgIpc) is 3.06. The fourth-order valence-corrected chi connectivity index (χ4v) is 3.36. The van der Waals surface area contributed by atoms with Gasteiger partial charge in [-0.15, -0.1) is 11.3 Å². The van der Waals surface area contributed by atoms with E-state index in [0.29, 0.717) is 19.0 Å². The Morgan fingerprint density at radius 3 is 2.60 bits per heavy atom. The number of pyridine rings is 1. The number of hydrogen-bond donors (Lipinski definition) is 2. The molecule has 0 spiro atoms. The van der Waals surface area contributed by atoms with Crippen molar-refractivity contribution in [1.82, 2.24) is 20.6 Å². The Bertz CT molecular complexity index is 739. The smallest absolute Gasteiger partial charge is 0.191 e. The number of thiazole rings is 1. The van der Waals surface area contributed by atoms with Gasteiger partial charge in [0.1, 0.15) is 10.8 Å². The molecule has 0 atom stereocenters. The number of nitrogens with one attached hydrogen (secondary N) is 2. The van der Waals surface area contributed by atoms with Gasteiger partial charge >= 0.3 is 0 Å². The third-order valence-electron chi connectivity index (χ3n) is 3.96. The minimum atomic E-state index is 0.452. The van der Waals surface area contributed by atoms with E-state index in [9.17, 15) is 0 Å². The second kappa shape index (κ2) is 8.80. The molecule has 0 saturated heterocycles. The molecule has 25 heavy (non-hydrogen) atoms. The molecule has 0 aromatic carbocycles. The molecule has 0 radical (unpaired) electrons. The zero-order valence-corrected chi connectivity index (χ0v) is 16.6. The highest BCUT2D eigenvalue weighted by atomic mass is 32.1. The van der Waals surface area contributed by atoms with Crippen molar-refractivity contribution in [3.8, 4) is 5.75 Å². The quantitative estimate of drug-likeness (QED) is 0.611. The first-order valence-electron chi connectivity index (χ1n) is 8.34. The summed E-state index contributed by atoms with van der Waals surface area (Å²) in [5.41, 5.74) is 4.17. The molecule has 2 heterocycles. The Hall–Kier alpha value is -2.15. The van der Waals surface area contributed by atoms with Gasteiger partial charge in [0, 0.05) is 29.8 Å². The number of ether oxygens (including phenoxy) is 1. The zero-order valence-electron chi connectivity index (χ0n) is 15.8. The summed E-state index contributed by atoms with van der Waals surface area (Å²) in [6, 6.07) is 0. The molecule has 0 aliphatic heterocycles. The number of aliphatic imine (C=N–C) groups is 1. The highest BCUT2D eigenvalue weighted by molar-refractivity contribution is 7.09. The van der Waals surface area contributed by atoms with Crippen LogP contribution in [0.4, 0.5) is 0 Å². The molecule has 2 aromatic rings. The summed E-state index contributed by atoms with van der Waals surface area (Å²) >= 11 is 1.67. The molecule has 6 nitrogen and oxygen atoms in total. The van der Waals surface area contributed by atoms with Gasteiger partial charge in [-0.2, -0.15) is 0 Å². The van der Waals surface area contributed by atoms with Crippen LogP contribution < -0.4 is 15.4 Å². The highest BCUT2D eigenvalue weighted by Gasteiger charge is 2.10. The number of rotatable bonds is 6. The first kappa shape index (κ1) is 19.2. The maximum Gasteiger partial charge on any atom is 0.191 e. The minimum Gasteiger partial charge on any atom is -0.496 e. The van der Waals surface area contributed by atoms with Gasteiger partial charge in [-0.3, -0.25) is 9.98 Å². The number of guanidine groups is 1. The van der Waals surface area contributed by atoms with Crippen molar-refractivity contribution in [2.45, 2.75) is 46.7 Å². The Kier molecular flexibility index (Phi) is 6.75. The first-order chi connectivity index (χ1) is 12.0. The molecule has 0 aliphatic rings. The van der Waals surface area contributed by atoms with Crippen LogP contribution in [0.1, 0.15) is 47.3 Å². The molecule has 0 fully saturated rings. The van der Waals surface area contributed by atoms with Crippen molar-refractivity contribution >= 4 is 17.3 Å². The lowest BCUT2D eigenvalue weighted by Gasteiger charge is -2.14. The SMILES string of the molecule is CN=C(NCc1nc(C(C)C)cs1)NCc1ncc(C)c(OC)c1C. The van der Waals surface area contributed by atoms with Gasteiger partial charge in [0.05, 0.1) is 31.6 Å². The van der Waals surface area contributed by atoms with Gasteiger partial charge in [-0.1, -0.05) is 13.8 Å². The first-order valence-corrected chi connectivity index (χ1v) is 9.22. The van der Waals surface area contributed by atoms with E-state index < -0.39 is 0 Å². The Morgan fingerprint density at radius 1 is 1.28 bits per heavy atom. The average molecular weight is 362 g/mol. The van der Waals surface area contributed by atoms with Crippen LogP contribution in [-0.2, 0) is 13.1 Å². The molecule has 2 aromatic heterocycles. The van der Waals surface area contributed by atoms with Gasteiger partial charge < -0.3 is 15.4 Å². The van der Waals surface area contributed by atoms with Gasteiger partial charge in [0.25, 0.3) is 0 Å². The molecular weight excluding hydrogens is 334 g/mol. The standard InChI is InChI=1S/C18H27N5OS/c1-11(2)15-10-25-16(23-15)9-22-18(19-5)21-8-14-13(4)17(24-6)12(3)7-20-14/h7,10-11H,8-9H2,1-6H3,(H2,19,21,22). The summed E-state index contributed by atoms with van der Waals surface area (Å²) in [5, 5.41) is 9.76. The maximum atomic E-state index is 5.46. The monoisotopic (exact) mass is 361 g/mol. The van der Waals surface area contributed by atoms with E-state index >= 15 is 0 Å². The van der Waals surface area contributed by atoms with Gasteiger partial charge in [-0.05, 0) is 19.8 Å². The summed E-state index contributed by atoms with van der Waals surface area (Å²) in [6.07, 6.45) is 1.84. The normalized spacial score (nSPS) is 11.7. The van der Waals surface area contributed by atoms with Gasteiger partial charge in [-0.25, -0.2) is 4.98 Å². The lowest BCUT2D eigenvalue weighted by Crippen LogP contribution is -2.36. The second-order valence-corrected chi connectivity index (χ2v) is 7.09. The summed E-state index contributed by atoms with van der Waals surface area (Å²) in [5.74, 6) is 2.06. The predicted octanol–water partition coefficient (Wildman–Crippen LogP) is 3.15. The van der Waals surface area contributed by atoms with Crippen LogP contribution in [0.5, 0.6) is 5.75 Å². The van der Waals surface area contributed by atoms with Crippen LogP contribution in [0.2, 0.25) is 0 Å². The molecule has 0 bridgehead atoms. The molecular formula is C18H27N5OS. The van der Waals surface area contributed by atoms with E-state index in [2.05, 4.69) is 44.8 Å². The van der Waals surface area contributed by atoms with Crippen LogP contribution in [-0.4, -0.2) is 30.1 Å². The summed E-state index contributed by atoms with van der Waals surface area (Å²) in [6.45, 7) is 9.55. The summed E-state index contributed by atoms with van der Waals surface area (Å²) < 4.78 is 5.46. The van der Waals surface area contributed by atoms with Gasteiger partial charge in [0.15, 0.2) is 5.96 Å². The van der Waals surface area contributed by atoms with Crippen molar-refractivity contribution in [3.05, 3.63) is 39.1 Å². The van der Waals surface area contributed by atoms with E-state index in [1.54, 1.807) is 25.5 Å². The zero-order chi connectivity index (χ0) is 18.4. The third kappa shape index (κ3) is 4.92. The molecule has 0 saturated carbocycles.